The minimum absolute atomic E-state index is 0.152. The predicted octanol–water partition coefficient (Wildman–Crippen LogP) is 23.4. The first-order valence-corrected chi connectivity index (χ1v) is 51.1. The average Bonchev–Trinajstić information content (AvgIpc) is 1.52. The van der Waals surface area contributed by atoms with Gasteiger partial charge >= 0.3 is 595 Å². The van der Waals surface area contributed by atoms with Gasteiger partial charge in [-0.2, -0.15) is 0 Å². The van der Waals surface area contributed by atoms with E-state index in [1.807, 2.05) is 0 Å². The Kier molecular flexibility index (Phi) is 13.8. The summed E-state index contributed by atoms with van der Waals surface area (Å²) in [6, 6.07) is 53.2. The van der Waals surface area contributed by atoms with E-state index in [-0.39, 0.29) is 23.7 Å². The van der Waals surface area contributed by atoms with Crippen LogP contribution in [0, 0.1) is 0 Å². The summed E-state index contributed by atoms with van der Waals surface area (Å²) >= 11 is -7.87. The van der Waals surface area contributed by atoms with E-state index >= 15 is 0 Å². The third-order valence-corrected chi connectivity index (χ3v) is 112. The zero-order valence-electron chi connectivity index (χ0n) is 57.8. The molecule has 2 fully saturated rings. The van der Waals surface area contributed by atoms with Gasteiger partial charge < -0.3 is 0 Å². The van der Waals surface area contributed by atoms with Gasteiger partial charge in [-0.05, 0) is 0 Å². The van der Waals surface area contributed by atoms with Crippen LogP contribution in [0.2, 0.25) is 24.1 Å². The second-order valence-electron chi connectivity index (χ2n) is 29.5. The Hall–Kier alpha value is -8.26. The van der Waals surface area contributed by atoms with Gasteiger partial charge in [-0.1, -0.05) is 0 Å². The Balaban J connectivity index is 1.03. The maximum atomic E-state index is 11.7. The summed E-state index contributed by atoms with van der Waals surface area (Å²) in [6.45, 7) is 15.5. The van der Waals surface area contributed by atoms with Crippen LogP contribution < -0.4 is 18.9 Å². The van der Waals surface area contributed by atoms with Crippen molar-refractivity contribution < 1.29 is 33.9 Å². The summed E-state index contributed by atoms with van der Waals surface area (Å²) in [6.07, 6.45) is 49.2. The molecule has 5 spiro atoms. The fourth-order valence-corrected chi connectivity index (χ4v) is 149. The molecule has 2 saturated heterocycles. The molecule has 2 aliphatic heterocycles. The van der Waals surface area contributed by atoms with Crippen molar-refractivity contribution in [1.82, 2.24) is 0 Å². The molecule has 0 aromatic heterocycles. The fourth-order valence-electron chi connectivity index (χ4n) is 24.8. The van der Waals surface area contributed by atoms with Crippen molar-refractivity contribution in [2.24, 2.45) is 0 Å². The van der Waals surface area contributed by atoms with Gasteiger partial charge in [-0.15, -0.1) is 0 Å². The third kappa shape index (κ3) is 6.76. The van der Waals surface area contributed by atoms with E-state index in [2.05, 4.69) is 308 Å². The summed E-state index contributed by atoms with van der Waals surface area (Å²) < 4.78 is 21.3. The number of hydrogen-bond acceptors (Lipinski definition) is 4. The second-order valence-corrected chi connectivity index (χ2v) is 69.4. The summed E-state index contributed by atoms with van der Waals surface area (Å²) in [5.41, 5.74) is 20.7. The molecule has 8 atom stereocenters. The molecule has 8 aromatic carbocycles. The summed E-state index contributed by atoms with van der Waals surface area (Å²) in [4.78, 5) is 0. The number of rotatable bonds is 8. The average molecular weight is 1440 g/mol. The summed E-state index contributed by atoms with van der Waals surface area (Å²) in [7, 11) is 25.1. The van der Waals surface area contributed by atoms with Crippen molar-refractivity contribution in [2.75, 3.05) is 28.4 Å². The van der Waals surface area contributed by atoms with E-state index < -0.39 is 43.5 Å². The van der Waals surface area contributed by atoms with Crippen LogP contribution >= 0.6 is 17.0 Å². The maximum absolute atomic E-state index is 11.7. The molecule has 0 amide bonds. The molecular formula is C90H80Cl2O4Si2Zr. The molecule has 8 aromatic rings. The molecule has 0 radical (unpaired) electrons. The molecular weight excluding hydrogens is 1360 g/mol. The van der Waals surface area contributed by atoms with Crippen molar-refractivity contribution in [1.29, 1.82) is 0 Å². The first-order valence-electron chi connectivity index (χ1n) is 35.2. The van der Waals surface area contributed by atoms with Gasteiger partial charge in [0.1, 0.15) is 0 Å². The molecule has 18 rings (SSSR count). The first kappa shape index (κ1) is 63.0. The molecule has 10 aliphatic rings. The van der Waals surface area contributed by atoms with Crippen molar-refractivity contribution in [2.45, 2.75) is 75.4 Å². The van der Waals surface area contributed by atoms with Crippen LogP contribution in [0.5, 0.6) is 23.0 Å². The van der Waals surface area contributed by atoms with Gasteiger partial charge in [0.05, 0.1) is 0 Å². The number of benzene rings is 8. The van der Waals surface area contributed by atoms with E-state index in [1.54, 1.807) is 28.4 Å². The summed E-state index contributed by atoms with van der Waals surface area (Å²) in [5, 5.41) is 9.07. The molecule has 99 heavy (non-hydrogen) atoms. The first-order chi connectivity index (χ1) is 48.1. The Labute approximate surface area is 589 Å². The van der Waals surface area contributed by atoms with Gasteiger partial charge in [0.25, 0.3) is 0 Å². The van der Waals surface area contributed by atoms with Crippen molar-refractivity contribution in [3.05, 3.63) is 356 Å². The van der Waals surface area contributed by atoms with Crippen LogP contribution in [0.4, 0.5) is 0 Å². The predicted molar refractivity (Wildman–Crippen MR) is 418 cm³/mol. The van der Waals surface area contributed by atoms with Crippen LogP contribution in [-0.4, -0.2) is 46.0 Å². The molecule has 9 heteroatoms. The van der Waals surface area contributed by atoms with E-state index in [4.69, 9.17) is 18.9 Å². The van der Waals surface area contributed by atoms with Crippen molar-refractivity contribution in [3.8, 4) is 23.0 Å². The van der Waals surface area contributed by atoms with Crippen LogP contribution in [-0.2, 0) is 14.9 Å². The zero-order valence-corrected chi connectivity index (χ0v) is 64.0. The summed E-state index contributed by atoms with van der Waals surface area (Å²) in [5.74, 6) is 2.84. The minimum atomic E-state index is -7.87. The molecule has 0 bridgehead atoms. The van der Waals surface area contributed by atoms with Gasteiger partial charge in [0, 0.05) is 0 Å². The Morgan fingerprint density at radius 2 is 0.515 bits per heavy atom. The van der Waals surface area contributed by atoms with Gasteiger partial charge in [-0.25, -0.2) is 0 Å². The van der Waals surface area contributed by atoms with E-state index in [0.717, 1.165) is 44.5 Å². The van der Waals surface area contributed by atoms with Crippen molar-refractivity contribution in [3.63, 3.8) is 0 Å². The molecule has 0 saturated carbocycles. The molecule has 0 N–H and O–H groups in total. The topological polar surface area (TPSA) is 36.9 Å². The Morgan fingerprint density at radius 1 is 0.303 bits per heavy atom. The van der Waals surface area contributed by atoms with Crippen LogP contribution in [0.3, 0.4) is 0 Å². The Bertz CT molecular complexity index is 4930. The van der Waals surface area contributed by atoms with Crippen LogP contribution in [0.15, 0.2) is 334 Å². The monoisotopic (exact) mass is 1440 g/mol. The molecule has 8 aliphatic carbocycles. The SMILES string of the molecule is COc1cccc2c(C3C=CC=CC4=C3C=C(C)[C]43[SiH](C)[C]4(C(C)=CC5=C4C=CC=CC5c4cccc5c(OC)cccc45)[Zr]34([Cl])([Cl])[C]3(C(C)=CC5=C3C=CC=CC5c3cccc5c(OC)cccc35)[SiH](C)[C]43C(C)=CC4=C3C=CC=CC4c3cccc4c(OC)cccc34)cccc12. The molecule has 4 nitrogen and oxygen atoms in total. The number of methoxy groups -OCH3 is 4. The van der Waals surface area contributed by atoms with Gasteiger partial charge in [-0.3, -0.25) is 0 Å². The molecule has 490 valence electrons. The number of fused-ring (bicyclic) bond motifs is 12. The van der Waals surface area contributed by atoms with Gasteiger partial charge in [0.15, 0.2) is 0 Å². The number of halogens is 2. The number of hydrogen-bond donors (Lipinski definition) is 0. The van der Waals surface area contributed by atoms with Crippen LogP contribution in [0.25, 0.3) is 43.1 Å². The zero-order chi connectivity index (χ0) is 68.0. The normalized spacial score (nSPS) is 30.3. The van der Waals surface area contributed by atoms with E-state index in [1.165, 1.54) is 111 Å². The second kappa shape index (κ2) is 21.6. The standard InChI is InChI=1S/2C45H40O2Si.2ClH.Zr/c2*1-28-26-40-34(30-18-10-22-36-32(30)20-12-24-42(36)46-3)14-6-8-16-38(40)44(28)48(5)45-29(2)27-41-35(15-7-9-17-39(41)45)31-19-11-23-37-33(31)21-13-25-43(37)47-4;;;/h2*6-27,34-35,48H,1-5H3;2*1H;/q;;;;+2/p-2. The number of ether oxygens (including phenoxy) is 4. The van der Waals surface area contributed by atoms with E-state index in [0.29, 0.717) is 0 Å². The molecule has 2 heterocycles. The molecule has 8 unspecified atom stereocenters. The van der Waals surface area contributed by atoms with Crippen molar-refractivity contribution >= 4 is 77.7 Å². The van der Waals surface area contributed by atoms with E-state index in [9.17, 15) is 17.0 Å². The van der Waals surface area contributed by atoms with Gasteiger partial charge in [0.2, 0.25) is 0 Å². The fraction of sp³-hybridized carbons (Fsp3) is 0.200. The third-order valence-electron chi connectivity index (χ3n) is 27.0. The van der Waals surface area contributed by atoms with Crippen LogP contribution in [0.1, 0.15) is 73.6 Å². The number of allylic oxidation sites excluding steroid dienone is 32. The quantitative estimate of drug-likeness (QED) is 0.142. The Morgan fingerprint density at radius 3 is 0.737 bits per heavy atom.